The number of pyridine rings is 1. The van der Waals surface area contributed by atoms with Gasteiger partial charge in [-0.2, -0.15) is 0 Å². The van der Waals surface area contributed by atoms with Gasteiger partial charge in [0.25, 0.3) is 0 Å². The van der Waals surface area contributed by atoms with Crippen LogP contribution in [0.25, 0.3) is 5.52 Å². The summed E-state index contributed by atoms with van der Waals surface area (Å²) in [6, 6.07) is 4.10. The van der Waals surface area contributed by atoms with E-state index in [9.17, 15) is 0 Å². The third-order valence-electron chi connectivity index (χ3n) is 2.11. The molecule has 2 aromatic rings. The summed E-state index contributed by atoms with van der Waals surface area (Å²) in [6.45, 7) is 4.00. The van der Waals surface area contributed by atoms with Gasteiger partial charge in [-0.1, -0.05) is 6.07 Å². The molecule has 0 radical (unpaired) electrons. The summed E-state index contributed by atoms with van der Waals surface area (Å²) in [5.41, 5.74) is 8.10. The first kappa shape index (κ1) is 8.26. The lowest BCUT2D eigenvalue weighted by Gasteiger charge is -2.04. The van der Waals surface area contributed by atoms with E-state index in [0.717, 1.165) is 11.3 Å². The lowest BCUT2D eigenvalue weighted by atomic mass is 10.3. The minimum atomic E-state index is -0.0238. The van der Waals surface area contributed by atoms with Gasteiger partial charge in [0.05, 0.1) is 17.8 Å². The van der Waals surface area contributed by atoms with Gasteiger partial charge in [0.2, 0.25) is 0 Å². The zero-order chi connectivity index (χ0) is 9.42. The van der Waals surface area contributed by atoms with Crippen molar-refractivity contribution >= 4 is 5.52 Å². The molecule has 0 saturated heterocycles. The Kier molecular flexibility index (Phi) is 1.81. The molecule has 0 fully saturated rings. The van der Waals surface area contributed by atoms with E-state index in [1.807, 2.05) is 23.6 Å². The molecular formula is C10H13N3. The molecule has 1 unspecified atom stereocenters. The molecule has 2 rings (SSSR count). The fourth-order valence-electron chi connectivity index (χ4n) is 1.45. The van der Waals surface area contributed by atoms with E-state index in [1.54, 1.807) is 0 Å². The Bertz CT molecular complexity index is 429. The normalized spacial score (nSPS) is 13.5. The Labute approximate surface area is 77.2 Å². The molecule has 0 aliphatic heterocycles. The molecule has 1 atom stereocenters. The van der Waals surface area contributed by atoms with Gasteiger partial charge < -0.3 is 10.1 Å². The molecule has 0 aromatic carbocycles. The second-order valence-electron chi connectivity index (χ2n) is 3.41. The lowest BCUT2D eigenvalue weighted by molar-refractivity contribution is 0.735. The zero-order valence-electron chi connectivity index (χ0n) is 7.86. The highest BCUT2D eigenvalue weighted by Gasteiger charge is 2.06. The van der Waals surface area contributed by atoms with Gasteiger partial charge in [-0.05, 0) is 25.5 Å². The Morgan fingerprint density at radius 3 is 2.92 bits per heavy atom. The highest BCUT2D eigenvalue weighted by molar-refractivity contribution is 5.47. The first-order valence-corrected chi connectivity index (χ1v) is 4.37. The number of imidazole rings is 1. The van der Waals surface area contributed by atoms with Gasteiger partial charge in [0.1, 0.15) is 5.82 Å². The van der Waals surface area contributed by atoms with Crippen LogP contribution in [0.15, 0.2) is 24.5 Å². The smallest absolute Gasteiger partial charge is 0.129 e. The van der Waals surface area contributed by atoms with Crippen molar-refractivity contribution in [3.05, 3.63) is 35.9 Å². The monoisotopic (exact) mass is 175 g/mol. The average molecular weight is 175 g/mol. The van der Waals surface area contributed by atoms with E-state index >= 15 is 0 Å². The van der Waals surface area contributed by atoms with E-state index in [2.05, 4.69) is 24.2 Å². The SMILES string of the molecule is Cc1ccc2cnc(C(C)N)n2c1. The predicted molar refractivity (Wildman–Crippen MR) is 52.5 cm³/mol. The second kappa shape index (κ2) is 2.85. The largest absolute Gasteiger partial charge is 0.322 e. The Morgan fingerprint density at radius 1 is 1.46 bits per heavy atom. The van der Waals surface area contributed by atoms with Crippen LogP contribution < -0.4 is 5.73 Å². The van der Waals surface area contributed by atoms with Crippen LogP contribution in [0.4, 0.5) is 0 Å². The summed E-state index contributed by atoms with van der Waals surface area (Å²) in [7, 11) is 0. The molecule has 13 heavy (non-hydrogen) atoms. The fraction of sp³-hybridized carbons (Fsp3) is 0.300. The standard InChI is InChI=1S/C10H13N3/c1-7-3-4-9-5-12-10(8(2)11)13(9)6-7/h3-6,8H,11H2,1-2H3. The molecule has 2 N–H and O–H groups in total. The van der Waals surface area contributed by atoms with Gasteiger partial charge in [-0.3, -0.25) is 0 Å². The molecule has 0 aliphatic rings. The number of fused-ring (bicyclic) bond motifs is 1. The Hall–Kier alpha value is -1.35. The summed E-state index contributed by atoms with van der Waals surface area (Å²) in [4.78, 5) is 4.27. The van der Waals surface area contributed by atoms with E-state index < -0.39 is 0 Å². The van der Waals surface area contributed by atoms with Crippen molar-refractivity contribution in [3.8, 4) is 0 Å². The van der Waals surface area contributed by atoms with Gasteiger partial charge in [0, 0.05) is 6.20 Å². The number of nitrogens with zero attached hydrogens (tertiary/aromatic N) is 2. The maximum absolute atomic E-state index is 5.79. The zero-order valence-corrected chi connectivity index (χ0v) is 7.86. The van der Waals surface area contributed by atoms with E-state index in [4.69, 9.17) is 5.73 Å². The van der Waals surface area contributed by atoms with Crippen molar-refractivity contribution in [2.24, 2.45) is 5.73 Å². The maximum atomic E-state index is 5.79. The number of hydrogen-bond donors (Lipinski definition) is 1. The maximum Gasteiger partial charge on any atom is 0.129 e. The number of aryl methyl sites for hydroxylation is 1. The van der Waals surface area contributed by atoms with E-state index in [1.165, 1.54) is 5.56 Å². The van der Waals surface area contributed by atoms with Crippen molar-refractivity contribution in [1.29, 1.82) is 0 Å². The van der Waals surface area contributed by atoms with Crippen LogP contribution in [0, 0.1) is 6.92 Å². The quantitative estimate of drug-likeness (QED) is 0.716. The molecule has 0 saturated carbocycles. The van der Waals surface area contributed by atoms with E-state index in [-0.39, 0.29) is 6.04 Å². The van der Waals surface area contributed by atoms with E-state index in [0.29, 0.717) is 0 Å². The number of nitrogens with two attached hydrogens (primary N) is 1. The summed E-state index contributed by atoms with van der Waals surface area (Å²) in [5.74, 6) is 0.915. The summed E-state index contributed by atoms with van der Waals surface area (Å²) >= 11 is 0. The minimum Gasteiger partial charge on any atom is -0.322 e. The molecule has 3 nitrogen and oxygen atoms in total. The van der Waals surface area contributed by atoms with Crippen LogP contribution in [0.2, 0.25) is 0 Å². The Morgan fingerprint density at radius 2 is 2.23 bits per heavy atom. The van der Waals surface area contributed by atoms with Crippen LogP contribution >= 0.6 is 0 Å². The van der Waals surface area contributed by atoms with Crippen molar-refractivity contribution < 1.29 is 0 Å². The van der Waals surface area contributed by atoms with Gasteiger partial charge in [0.15, 0.2) is 0 Å². The molecule has 3 heteroatoms. The van der Waals surface area contributed by atoms with Crippen molar-refractivity contribution in [2.45, 2.75) is 19.9 Å². The number of rotatable bonds is 1. The molecule has 2 aromatic heterocycles. The summed E-state index contributed by atoms with van der Waals surface area (Å²) in [5, 5.41) is 0. The second-order valence-corrected chi connectivity index (χ2v) is 3.41. The van der Waals surface area contributed by atoms with Crippen molar-refractivity contribution in [2.75, 3.05) is 0 Å². The number of hydrogen-bond acceptors (Lipinski definition) is 2. The molecule has 0 spiro atoms. The van der Waals surface area contributed by atoms with Gasteiger partial charge >= 0.3 is 0 Å². The molecule has 0 aliphatic carbocycles. The summed E-state index contributed by atoms with van der Waals surface area (Å²) < 4.78 is 2.04. The van der Waals surface area contributed by atoms with Crippen LogP contribution in [-0.2, 0) is 0 Å². The van der Waals surface area contributed by atoms with Crippen molar-refractivity contribution in [1.82, 2.24) is 9.38 Å². The first-order chi connectivity index (χ1) is 6.18. The average Bonchev–Trinajstić information content (AvgIpc) is 2.46. The van der Waals surface area contributed by atoms with Gasteiger partial charge in [-0.15, -0.1) is 0 Å². The van der Waals surface area contributed by atoms with Crippen molar-refractivity contribution in [3.63, 3.8) is 0 Å². The number of aromatic nitrogens is 2. The van der Waals surface area contributed by atoms with Crippen LogP contribution in [0.3, 0.4) is 0 Å². The van der Waals surface area contributed by atoms with Crippen LogP contribution in [-0.4, -0.2) is 9.38 Å². The van der Waals surface area contributed by atoms with Gasteiger partial charge in [-0.25, -0.2) is 4.98 Å². The predicted octanol–water partition coefficient (Wildman–Crippen LogP) is 1.66. The minimum absolute atomic E-state index is 0.0238. The fourth-order valence-corrected chi connectivity index (χ4v) is 1.45. The molecule has 0 amide bonds. The highest BCUT2D eigenvalue weighted by Crippen LogP contribution is 2.12. The topological polar surface area (TPSA) is 43.3 Å². The molecular weight excluding hydrogens is 162 g/mol. The molecule has 68 valence electrons. The third kappa shape index (κ3) is 1.31. The van der Waals surface area contributed by atoms with Crippen LogP contribution in [0.1, 0.15) is 24.4 Å². The first-order valence-electron chi connectivity index (χ1n) is 4.37. The highest BCUT2D eigenvalue weighted by atomic mass is 15.0. The molecule has 2 heterocycles. The summed E-state index contributed by atoms with van der Waals surface area (Å²) in [6.07, 6.45) is 3.90. The Balaban J connectivity index is 2.71. The third-order valence-corrected chi connectivity index (χ3v) is 2.11. The van der Waals surface area contributed by atoms with Crippen LogP contribution in [0.5, 0.6) is 0 Å². The lowest BCUT2D eigenvalue weighted by Crippen LogP contribution is -2.09. The molecule has 0 bridgehead atoms.